The third-order valence-electron chi connectivity index (χ3n) is 2.76. The van der Waals surface area contributed by atoms with Crippen LogP contribution in [0.15, 0.2) is 23.1 Å². The first-order chi connectivity index (χ1) is 7.75. The fourth-order valence-electron chi connectivity index (χ4n) is 1.96. The van der Waals surface area contributed by atoms with Crippen LogP contribution in [-0.2, 0) is 17.8 Å². The maximum atomic E-state index is 12.0. The lowest BCUT2D eigenvalue weighted by Gasteiger charge is -2.16. The Hall–Kier alpha value is -2.04. The van der Waals surface area contributed by atoms with Crippen LogP contribution in [0.5, 0.6) is 0 Å². The van der Waals surface area contributed by atoms with Crippen LogP contribution in [0.4, 0.5) is 0 Å². The molecule has 80 valence electrons. The fourth-order valence-corrected chi connectivity index (χ4v) is 1.96. The largest absolute Gasteiger partial charge is 0.298 e. The summed E-state index contributed by atoms with van der Waals surface area (Å²) >= 11 is 0. The Bertz CT molecular complexity index is 645. The lowest BCUT2D eigenvalue weighted by molar-refractivity contribution is -0.120. The molecule has 0 atom stereocenters. The molecule has 1 aliphatic rings. The van der Waals surface area contributed by atoms with Gasteiger partial charge in [-0.15, -0.1) is 0 Å². The van der Waals surface area contributed by atoms with Crippen LogP contribution in [0, 0.1) is 0 Å². The number of aromatic nitrogens is 3. The van der Waals surface area contributed by atoms with Gasteiger partial charge in [-0.25, -0.2) is 9.97 Å². The quantitative estimate of drug-likeness (QED) is 0.634. The van der Waals surface area contributed by atoms with E-state index in [1.54, 1.807) is 18.3 Å². The summed E-state index contributed by atoms with van der Waals surface area (Å²) in [6.07, 6.45) is 2.57. The highest BCUT2D eigenvalue weighted by molar-refractivity contribution is 5.80. The number of carbonyl (C=O) groups excluding carboxylic acids is 1. The predicted molar refractivity (Wildman–Crippen MR) is 57.1 cm³/mol. The SMILES string of the molecule is O=C1CCc2nc3cccnc3c(=O)n2C1. The minimum absolute atomic E-state index is 0.0756. The molecule has 3 rings (SSSR count). The molecule has 0 N–H and O–H groups in total. The lowest BCUT2D eigenvalue weighted by Crippen LogP contribution is -2.33. The first-order valence-corrected chi connectivity index (χ1v) is 5.12. The van der Waals surface area contributed by atoms with E-state index in [9.17, 15) is 9.59 Å². The van der Waals surface area contributed by atoms with Gasteiger partial charge in [-0.05, 0) is 12.1 Å². The normalized spacial score (nSPS) is 15.1. The van der Waals surface area contributed by atoms with Gasteiger partial charge >= 0.3 is 0 Å². The highest BCUT2D eigenvalue weighted by atomic mass is 16.1. The molecule has 3 heterocycles. The number of pyridine rings is 1. The van der Waals surface area contributed by atoms with Gasteiger partial charge in [0.15, 0.2) is 11.3 Å². The van der Waals surface area contributed by atoms with Crippen molar-refractivity contribution in [2.45, 2.75) is 19.4 Å². The molecule has 5 heteroatoms. The zero-order valence-electron chi connectivity index (χ0n) is 8.51. The molecule has 1 aliphatic heterocycles. The highest BCUT2D eigenvalue weighted by Crippen LogP contribution is 2.11. The topological polar surface area (TPSA) is 64.8 Å². The third kappa shape index (κ3) is 1.25. The van der Waals surface area contributed by atoms with Gasteiger partial charge in [-0.2, -0.15) is 0 Å². The molecular weight excluding hydrogens is 206 g/mol. The van der Waals surface area contributed by atoms with Crippen LogP contribution in [-0.4, -0.2) is 20.3 Å². The van der Waals surface area contributed by atoms with E-state index in [4.69, 9.17) is 0 Å². The summed E-state index contributed by atoms with van der Waals surface area (Å²) in [6, 6.07) is 3.51. The Morgan fingerprint density at radius 1 is 1.25 bits per heavy atom. The molecule has 0 unspecified atom stereocenters. The second kappa shape index (κ2) is 3.23. The number of fused-ring (bicyclic) bond motifs is 2. The minimum Gasteiger partial charge on any atom is -0.298 e. The Balaban J connectivity index is 2.38. The molecule has 0 radical (unpaired) electrons. The number of hydrogen-bond donors (Lipinski definition) is 0. The van der Waals surface area contributed by atoms with Crippen LogP contribution < -0.4 is 5.56 Å². The van der Waals surface area contributed by atoms with E-state index >= 15 is 0 Å². The maximum absolute atomic E-state index is 12.0. The molecule has 0 amide bonds. The zero-order valence-corrected chi connectivity index (χ0v) is 8.51. The van der Waals surface area contributed by atoms with Gasteiger partial charge in [0.2, 0.25) is 0 Å². The number of Topliss-reactive ketones (excluding diaryl/α,β-unsaturated/α-hetero) is 1. The molecule has 2 aromatic heterocycles. The average Bonchev–Trinajstić information content (AvgIpc) is 2.31. The van der Waals surface area contributed by atoms with Crippen LogP contribution >= 0.6 is 0 Å². The molecule has 0 bridgehead atoms. The molecule has 0 aromatic carbocycles. The average molecular weight is 215 g/mol. The van der Waals surface area contributed by atoms with E-state index < -0.39 is 0 Å². The lowest BCUT2D eigenvalue weighted by atomic mass is 10.1. The number of nitrogens with zero attached hydrogens (tertiary/aromatic N) is 3. The van der Waals surface area contributed by atoms with E-state index in [0.29, 0.717) is 29.7 Å². The Kier molecular flexibility index (Phi) is 1.86. The van der Waals surface area contributed by atoms with Gasteiger partial charge in [-0.3, -0.25) is 14.2 Å². The van der Waals surface area contributed by atoms with Crippen molar-refractivity contribution < 1.29 is 4.79 Å². The van der Waals surface area contributed by atoms with Crippen LogP contribution in [0.25, 0.3) is 11.0 Å². The monoisotopic (exact) mass is 215 g/mol. The van der Waals surface area contributed by atoms with E-state index in [2.05, 4.69) is 9.97 Å². The van der Waals surface area contributed by atoms with E-state index in [-0.39, 0.29) is 17.9 Å². The number of carbonyl (C=O) groups is 1. The molecule has 0 fully saturated rings. The van der Waals surface area contributed by atoms with E-state index in [0.717, 1.165) is 0 Å². The number of rotatable bonds is 0. The van der Waals surface area contributed by atoms with Crippen molar-refractivity contribution in [3.63, 3.8) is 0 Å². The van der Waals surface area contributed by atoms with Crippen molar-refractivity contribution in [3.8, 4) is 0 Å². The van der Waals surface area contributed by atoms with Gasteiger partial charge in [0, 0.05) is 19.0 Å². The second-order valence-corrected chi connectivity index (χ2v) is 3.83. The van der Waals surface area contributed by atoms with Crippen molar-refractivity contribution in [2.24, 2.45) is 0 Å². The molecule has 0 spiro atoms. The smallest absolute Gasteiger partial charge is 0.280 e. The van der Waals surface area contributed by atoms with Crippen LogP contribution in [0.3, 0.4) is 0 Å². The van der Waals surface area contributed by atoms with Gasteiger partial charge < -0.3 is 0 Å². The van der Waals surface area contributed by atoms with Crippen LogP contribution in [0.1, 0.15) is 12.2 Å². The summed E-state index contributed by atoms with van der Waals surface area (Å²) in [7, 11) is 0. The predicted octanol–water partition coefficient (Wildman–Crippen LogP) is 0.307. The van der Waals surface area contributed by atoms with Gasteiger partial charge in [0.05, 0.1) is 12.1 Å². The van der Waals surface area contributed by atoms with Crippen molar-refractivity contribution in [1.82, 2.24) is 14.5 Å². The molecular formula is C11H9N3O2. The summed E-state index contributed by atoms with van der Waals surface area (Å²) in [5.41, 5.74) is 0.725. The number of hydrogen-bond acceptors (Lipinski definition) is 4. The van der Waals surface area contributed by atoms with E-state index in [1.165, 1.54) is 4.57 Å². The second-order valence-electron chi connectivity index (χ2n) is 3.83. The van der Waals surface area contributed by atoms with Gasteiger partial charge in [-0.1, -0.05) is 0 Å². The molecule has 0 saturated heterocycles. The maximum Gasteiger partial charge on any atom is 0.280 e. The van der Waals surface area contributed by atoms with Gasteiger partial charge in [0.25, 0.3) is 5.56 Å². The van der Waals surface area contributed by atoms with Crippen molar-refractivity contribution in [2.75, 3.05) is 0 Å². The fraction of sp³-hybridized carbons (Fsp3) is 0.273. The Labute approximate surface area is 90.8 Å². The highest BCUT2D eigenvalue weighted by Gasteiger charge is 2.19. The summed E-state index contributed by atoms with van der Waals surface area (Å²) in [5.74, 6) is 0.761. The van der Waals surface area contributed by atoms with Crippen molar-refractivity contribution in [1.29, 1.82) is 0 Å². The molecule has 5 nitrogen and oxygen atoms in total. The van der Waals surface area contributed by atoms with Gasteiger partial charge in [0.1, 0.15) is 5.82 Å². The number of aryl methyl sites for hydroxylation is 1. The minimum atomic E-state index is -0.214. The third-order valence-corrected chi connectivity index (χ3v) is 2.76. The number of ketones is 1. The first kappa shape index (κ1) is 9.21. The van der Waals surface area contributed by atoms with Crippen molar-refractivity contribution in [3.05, 3.63) is 34.5 Å². The summed E-state index contributed by atoms with van der Waals surface area (Å²) < 4.78 is 1.43. The zero-order chi connectivity index (χ0) is 11.1. The Morgan fingerprint density at radius 3 is 3.00 bits per heavy atom. The molecule has 16 heavy (non-hydrogen) atoms. The molecule has 0 aliphatic carbocycles. The summed E-state index contributed by atoms with van der Waals surface area (Å²) in [6.45, 7) is 0.133. The van der Waals surface area contributed by atoms with Crippen LogP contribution in [0.2, 0.25) is 0 Å². The molecule has 2 aromatic rings. The molecule has 0 saturated carbocycles. The summed E-state index contributed by atoms with van der Waals surface area (Å²) in [5, 5.41) is 0. The summed E-state index contributed by atoms with van der Waals surface area (Å²) in [4.78, 5) is 31.7. The Morgan fingerprint density at radius 2 is 2.12 bits per heavy atom. The first-order valence-electron chi connectivity index (χ1n) is 5.12. The van der Waals surface area contributed by atoms with E-state index in [1.807, 2.05) is 0 Å². The standard InChI is InChI=1S/C11H9N3O2/c15-7-3-4-9-13-8-2-1-5-12-10(8)11(16)14(9)6-7/h1-2,5H,3-4,6H2. The van der Waals surface area contributed by atoms with Crippen molar-refractivity contribution >= 4 is 16.8 Å².